The molecule has 0 saturated heterocycles. The van der Waals surface area contributed by atoms with E-state index in [1.165, 1.54) is 11.0 Å². The Morgan fingerprint density at radius 2 is 2.03 bits per heavy atom. The zero-order valence-electron chi connectivity index (χ0n) is 16.0. The molecule has 154 valence electrons. The van der Waals surface area contributed by atoms with E-state index in [1.54, 1.807) is 31.3 Å². The highest BCUT2D eigenvalue weighted by atomic mass is 79.9. The summed E-state index contributed by atoms with van der Waals surface area (Å²) in [5, 5.41) is 33.4. The van der Waals surface area contributed by atoms with E-state index in [-0.39, 0.29) is 18.8 Å². The van der Waals surface area contributed by atoms with Crippen LogP contribution in [-0.2, 0) is 22.7 Å². The lowest BCUT2D eigenvalue weighted by Crippen LogP contribution is -2.58. The van der Waals surface area contributed by atoms with Gasteiger partial charge in [-0.1, -0.05) is 12.1 Å². The van der Waals surface area contributed by atoms with Crippen molar-refractivity contribution in [1.82, 2.24) is 15.2 Å². The number of carbonyl (C=O) groups excluding carboxylic acids is 2. The molecule has 0 saturated carbocycles. The molecule has 29 heavy (non-hydrogen) atoms. The topological polar surface area (TPSA) is 123 Å². The van der Waals surface area contributed by atoms with E-state index in [0.717, 1.165) is 18.2 Å². The maximum Gasteiger partial charge on any atom is 0.255 e. The fourth-order valence-electron chi connectivity index (χ4n) is 3.12. The lowest BCUT2D eigenvalue weighted by molar-refractivity contribution is -0.166. The van der Waals surface area contributed by atoms with Gasteiger partial charge in [-0.2, -0.15) is 0 Å². The predicted molar refractivity (Wildman–Crippen MR) is 107 cm³/mol. The molecule has 1 aliphatic rings. The molecular weight excluding hydrogens is 442 g/mol. The lowest BCUT2D eigenvalue weighted by Gasteiger charge is -2.31. The molecule has 0 spiro atoms. The molecule has 4 N–H and O–H groups in total. The number of pyridine rings is 1. The quantitative estimate of drug-likeness (QED) is 0.531. The van der Waals surface area contributed by atoms with Crippen LogP contribution in [0.15, 0.2) is 41.0 Å². The van der Waals surface area contributed by atoms with Gasteiger partial charge in [-0.25, -0.2) is 0 Å². The van der Waals surface area contributed by atoms with Crippen molar-refractivity contribution in [2.75, 3.05) is 0 Å². The number of nitrogens with zero attached hydrogens (tertiary/aromatic N) is 2. The Kier molecular flexibility index (Phi) is 5.92. The van der Waals surface area contributed by atoms with Crippen LogP contribution in [0, 0.1) is 0 Å². The molecule has 0 unspecified atom stereocenters. The Morgan fingerprint density at radius 3 is 2.69 bits per heavy atom. The van der Waals surface area contributed by atoms with Gasteiger partial charge in [0.1, 0.15) is 5.75 Å². The third-order valence-electron chi connectivity index (χ3n) is 5.04. The van der Waals surface area contributed by atoms with Crippen molar-refractivity contribution in [3.63, 3.8) is 0 Å². The van der Waals surface area contributed by atoms with Crippen molar-refractivity contribution in [2.24, 2.45) is 0 Å². The summed E-state index contributed by atoms with van der Waals surface area (Å²) in [5.41, 5.74) is -0.163. The number of hydrogen-bond donors (Lipinski definition) is 4. The highest BCUT2D eigenvalue weighted by Crippen LogP contribution is 2.28. The second-order valence-corrected chi connectivity index (χ2v) is 8.11. The summed E-state index contributed by atoms with van der Waals surface area (Å²) in [4.78, 5) is 30.8. The van der Waals surface area contributed by atoms with Gasteiger partial charge in [-0.05, 0) is 59.1 Å². The van der Waals surface area contributed by atoms with Crippen molar-refractivity contribution in [3.8, 4) is 5.75 Å². The summed E-state index contributed by atoms with van der Waals surface area (Å²) in [6, 6.07) is 7.81. The summed E-state index contributed by atoms with van der Waals surface area (Å²) in [6.45, 7) is 3.22. The van der Waals surface area contributed by atoms with Crippen molar-refractivity contribution in [3.05, 3.63) is 57.8 Å². The fraction of sp³-hybridized carbons (Fsp3) is 0.350. The molecule has 0 bridgehead atoms. The van der Waals surface area contributed by atoms with Crippen molar-refractivity contribution >= 4 is 27.7 Å². The van der Waals surface area contributed by atoms with E-state index in [9.17, 15) is 24.9 Å². The maximum absolute atomic E-state index is 12.7. The average molecular weight is 464 g/mol. The van der Waals surface area contributed by atoms with E-state index >= 15 is 0 Å². The number of hydrogen-bond acceptors (Lipinski definition) is 6. The Hall–Kier alpha value is -2.49. The normalized spacial score (nSPS) is 17.2. The molecule has 2 aromatic rings. The number of aromatic nitrogens is 1. The summed E-state index contributed by atoms with van der Waals surface area (Å²) >= 11 is 3.18. The van der Waals surface area contributed by atoms with Crippen molar-refractivity contribution in [1.29, 1.82) is 0 Å². The Bertz CT molecular complexity index is 924. The molecule has 0 aliphatic carbocycles. The number of phenols is 1. The van der Waals surface area contributed by atoms with E-state index in [0.29, 0.717) is 10.0 Å². The first-order chi connectivity index (χ1) is 13.6. The monoisotopic (exact) mass is 463 g/mol. The molecule has 1 aromatic carbocycles. The van der Waals surface area contributed by atoms with E-state index < -0.39 is 29.6 Å². The largest absolute Gasteiger partial charge is 0.507 e. The standard InChI is InChI=1S/C20H22BrN3O5/c1-11(12-5-6-14(21)16(25)8-12)23-19(28)20(2,29)17(26)18(27)24-9-13-4-3-7-22-15(13)10-24/h3-8,11,17,25-26,29H,9-10H2,1-2H3,(H,23,28)/t11-,17+,20-/m1/s1. The Labute approximate surface area is 176 Å². The summed E-state index contributed by atoms with van der Waals surface area (Å²) in [7, 11) is 0. The number of aliphatic hydroxyl groups excluding tert-OH is 1. The Balaban J connectivity index is 1.67. The minimum atomic E-state index is -2.34. The average Bonchev–Trinajstić information content (AvgIpc) is 3.12. The number of amides is 2. The van der Waals surface area contributed by atoms with Gasteiger partial charge in [0, 0.05) is 12.7 Å². The number of aromatic hydroxyl groups is 1. The highest BCUT2D eigenvalue weighted by Gasteiger charge is 2.45. The lowest BCUT2D eigenvalue weighted by atomic mass is 9.95. The summed E-state index contributed by atoms with van der Waals surface area (Å²) in [5.74, 6) is -1.65. The highest BCUT2D eigenvalue weighted by molar-refractivity contribution is 9.10. The number of rotatable bonds is 5. The first-order valence-corrected chi connectivity index (χ1v) is 9.82. The number of phenolic OH excluding ortho intramolecular Hbond substituents is 1. The molecule has 8 nitrogen and oxygen atoms in total. The van der Waals surface area contributed by atoms with Crippen LogP contribution >= 0.6 is 15.9 Å². The van der Waals surface area contributed by atoms with Crippen LogP contribution in [0.25, 0.3) is 0 Å². The number of fused-ring (bicyclic) bond motifs is 1. The van der Waals surface area contributed by atoms with Gasteiger partial charge in [0.2, 0.25) is 0 Å². The first-order valence-electron chi connectivity index (χ1n) is 9.02. The van der Waals surface area contributed by atoms with Crippen molar-refractivity contribution in [2.45, 2.75) is 44.7 Å². The van der Waals surface area contributed by atoms with Gasteiger partial charge >= 0.3 is 0 Å². The zero-order chi connectivity index (χ0) is 21.3. The third kappa shape index (κ3) is 4.26. The molecule has 3 atom stereocenters. The number of carbonyl (C=O) groups is 2. The number of benzene rings is 1. The number of nitrogens with one attached hydrogen (secondary N) is 1. The van der Waals surface area contributed by atoms with Gasteiger partial charge in [-0.15, -0.1) is 0 Å². The third-order valence-corrected chi connectivity index (χ3v) is 5.71. The maximum atomic E-state index is 12.7. The molecule has 3 rings (SSSR count). The van der Waals surface area contributed by atoms with Gasteiger partial charge in [-0.3, -0.25) is 14.6 Å². The van der Waals surface area contributed by atoms with E-state index in [4.69, 9.17) is 0 Å². The predicted octanol–water partition coefficient (Wildman–Crippen LogP) is 1.38. The second kappa shape index (κ2) is 8.10. The zero-order valence-corrected chi connectivity index (χ0v) is 17.5. The van der Waals surface area contributed by atoms with Gasteiger partial charge < -0.3 is 25.5 Å². The summed E-state index contributed by atoms with van der Waals surface area (Å²) < 4.78 is 0.508. The van der Waals surface area contributed by atoms with E-state index in [2.05, 4.69) is 26.2 Å². The molecule has 2 heterocycles. The van der Waals surface area contributed by atoms with Crippen LogP contribution in [0.1, 0.15) is 36.7 Å². The number of halogens is 1. The van der Waals surface area contributed by atoms with E-state index in [1.807, 2.05) is 6.07 Å². The van der Waals surface area contributed by atoms with Crippen LogP contribution < -0.4 is 5.32 Å². The van der Waals surface area contributed by atoms with Crippen LogP contribution in [0.3, 0.4) is 0 Å². The smallest absolute Gasteiger partial charge is 0.255 e. The van der Waals surface area contributed by atoms with Crippen LogP contribution in [0.2, 0.25) is 0 Å². The molecule has 9 heteroatoms. The van der Waals surface area contributed by atoms with Gasteiger partial charge in [0.15, 0.2) is 11.7 Å². The fourth-order valence-corrected chi connectivity index (χ4v) is 3.37. The van der Waals surface area contributed by atoms with Gasteiger partial charge in [0.05, 0.1) is 22.8 Å². The first kappa shape index (κ1) is 21.2. The minimum Gasteiger partial charge on any atom is -0.507 e. The van der Waals surface area contributed by atoms with Crippen LogP contribution in [-0.4, -0.2) is 48.7 Å². The molecule has 1 aliphatic heterocycles. The molecule has 0 radical (unpaired) electrons. The molecule has 2 amide bonds. The molecule has 0 fully saturated rings. The molecular formula is C20H22BrN3O5. The summed E-state index contributed by atoms with van der Waals surface area (Å²) in [6.07, 6.45) is -0.323. The minimum absolute atomic E-state index is 0.00720. The second-order valence-electron chi connectivity index (χ2n) is 7.26. The Morgan fingerprint density at radius 1 is 1.31 bits per heavy atom. The number of aliphatic hydroxyl groups is 2. The van der Waals surface area contributed by atoms with Crippen molar-refractivity contribution < 1.29 is 24.9 Å². The SMILES string of the molecule is C[C@@H](NC(=O)[C@](C)(O)[C@@H](O)C(=O)N1Cc2cccnc2C1)c1ccc(Br)c(O)c1. The van der Waals surface area contributed by atoms with Crippen LogP contribution in [0.4, 0.5) is 0 Å². The van der Waals surface area contributed by atoms with Crippen LogP contribution in [0.5, 0.6) is 5.75 Å². The van der Waals surface area contributed by atoms with Gasteiger partial charge in [0.25, 0.3) is 11.8 Å². The molecule has 1 aromatic heterocycles.